The van der Waals surface area contributed by atoms with E-state index in [0.29, 0.717) is 18.8 Å². The molecule has 1 amide bonds. The van der Waals surface area contributed by atoms with Crippen LogP contribution in [0, 0.1) is 0 Å². The molecular weight excluding hydrogens is 358 g/mol. The Morgan fingerprint density at radius 3 is 2.68 bits per heavy atom. The molecule has 1 aromatic carbocycles. The standard InChI is InChI=1S/C22H29NO5/c1-3-5-6-7-13-27-18-10-8-9-16(14-18)19-11-12-20(28-19)22(26)23-17(4-2)15-21(24)25/h8-12,14,17H,3-7,13,15H2,1-2H3,(H,23,26)(H,24,25)/t17-/m0/s1. The summed E-state index contributed by atoms with van der Waals surface area (Å²) in [6.45, 7) is 4.68. The zero-order valence-corrected chi connectivity index (χ0v) is 16.6. The van der Waals surface area contributed by atoms with E-state index in [2.05, 4.69) is 12.2 Å². The van der Waals surface area contributed by atoms with Gasteiger partial charge in [-0.05, 0) is 37.1 Å². The molecule has 0 fully saturated rings. The Bertz CT molecular complexity index is 768. The lowest BCUT2D eigenvalue weighted by Gasteiger charge is -2.13. The SMILES string of the molecule is CCCCCCOc1cccc(-c2ccc(C(=O)N[C@@H](CC)CC(=O)O)o2)c1. The molecule has 0 aliphatic heterocycles. The molecule has 0 bridgehead atoms. The predicted molar refractivity (Wildman–Crippen MR) is 108 cm³/mol. The van der Waals surface area contributed by atoms with Crippen molar-refractivity contribution in [2.45, 2.75) is 58.4 Å². The molecule has 2 aromatic rings. The third-order valence-electron chi connectivity index (χ3n) is 4.46. The number of amides is 1. The van der Waals surface area contributed by atoms with Crippen LogP contribution in [0.25, 0.3) is 11.3 Å². The highest BCUT2D eigenvalue weighted by Gasteiger charge is 2.18. The molecule has 0 unspecified atom stereocenters. The van der Waals surface area contributed by atoms with Gasteiger partial charge in [-0.1, -0.05) is 45.2 Å². The molecular formula is C22H29NO5. The average Bonchev–Trinajstić information content (AvgIpc) is 3.17. The van der Waals surface area contributed by atoms with E-state index in [1.807, 2.05) is 31.2 Å². The number of carbonyl (C=O) groups is 2. The van der Waals surface area contributed by atoms with Gasteiger partial charge in [0.2, 0.25) is 0 Å². The molecule has 28 heavy (non-hydrogen) atoms. The summed E-state index contributed by atoms with van der Waals surface area (Å²) in [6, 6.07) is 10.5. The van der Waals surface area contributed by atoms with Crippen molar-refractivity contribution in [3.63, 3.8) is 0 Å². The Hall–Kier alpha value is -2.76. The van der Waals surface area contributed by atoms with Gasteiger partial charge in [0, 0.05) is 11.6 Å². The van der Waals surface area contributed by atoms with Crippen LogP contribution in [0.2, 0.25) is 0 Å². The smallest absolute Gasteiger partial charge is 0.305 e. The number of rotatable bonds is 12. The second-order valence-corrected chi connectivity index (χ2v) is 6.78. The first kappa shape index (κ1) is 21.5. The number of aliphatic carboxylic acids is 1. The van der Waals surface area contributed by atoms with E-state index in [4.69, 9.17) is 14.3 Å². The Balaban J connectivity index is 1.98. The molecule has 0 aliphatic rings. The first-order chi connectivity index (χ1) is 13.5. The lowest BCUT2D eigenvalue weighted by molar-refractivity contribution is -0.137. The fourth-order valence-corrected chi connectivity index (χ4v) is 2.84. The number of benzene rings is 1. The number of hydrogen-bond acceptors (Lipinski definition) is 4. The first-order valence-corrected chi connectivity index (χ1v) is 9.89. The van der Waals surface area contributed by atoms with Gasteiger partial charge in [-0.3, -0.25) is 9.59 Å². The van der Waals surface area contributed by atoms with Crippen LogP contribution in [-0.4, -0.2) is 29.6 Å². The van der Waals surface area contributed by atoms with Crippen molar-refractivity contribution in [1.82, 2.24) is 5.32 Å². The molecule has 152 valence electrons. The summed E-state index contributed by atoms with van der Waals surface area (Å²) in [4.78, 5) is 23.2. The summed E-state index contributed by atoms with van der Waals surface area (Å²) in [6.07, 6.45) is 5.01. The number of nitrogens with one attached hydrogen (secondary N) is 1. The number of ether oxygens (including phenoxy) is 1. The van der Waals surface area contributed by atoms with E-state index in [9.17, 15) is 9.59 Å². The van der Waals surface area contributed by atoms with Crippen molar-refractivity contribution in [3.8, 4) is 17.1 Å². The maximum absolute atomic E-state index is 12.3. The van der Waals surface area contributed by atoms with Crippen molar-refractivity contribution in [3.05, 3.63) is 42.2 Å². The summed E-state index contributed by atoms with van der Waals surface area (Å²) >= 11 is 0. The minimum absolute atomic E-state index is 0.118. The third-order valence-corrected chi connectivity index (χ3v) is 4.46. The van der Waals surface area contributed by atoms with Crippen LogP contribution in [0.5, 0.6) is 5.75 Å². The fourth-order valence-electron chi connectivity index (χ4n) is 2.84. The number of unbranched alkanes of at least 4 members (excludes halogenated alkanes) is 3. The Morgan fingerprint density at radius 1 is 1.14 bits per heavy atom. The quantitative estimate of drug-likeness (QED) is 0.506. The molecule has 2 N–H and O–H groups in total. The highest BCUT2D eigenvalue weighted by Crippen LogP contribution is 2.26. The number of hydrogen-bond donors (Lipinski definition) is 2. The van der Waals surface area contributed by atoms with Gasteiger partial charge in [-0.2, -0.15) is 0 Å². The molecule has 0 spiro atoms. The van der Waals surface area contributed by atoms with E-state index in [1.165, 1.54) is 12.8 Å². The van der Waals surface area contributed by atoms with Crippen LogP contribution >= 0.6 is 0 Å². The van der Waals surface area contributed by atoms with Crippen LogP contribution < -0.4 is 10.1 Å². The van der Waals surface area contributed by atoms with E-state index in [1.54, 1.807) is 12.1 Å². The van der Waals surface area contributed by atoms with Gasteiger partial charge in [-0.15, -0.1) is 0 Å². The molecule has 6 nitrogen and oxygen atoms in total. The molecule has 0 saturated carbocycles. The number of furan rings is 1. The minimum atomic E-state index is -0.946. The van der Waals surface area contributed by atoms with Gasteiger partial charge >= 0.3 is 5.97 Å². The Labute approximate surface area is 165 Å². The number of carboxylic acid groups (broad SMARTS) is 1. The zero-order valence-electron chi connectivity index (χ0n) is 16.6. The second-order valence-electron chi connectivity index (χ2n) is 6.78. The van der Waals surface area contributed by atoms with Gasteiger partial charge in [-0.25, -0.2) is 0 Å². The lowest BCUT2D eigenvalue weighted by Crippen LogP contribution is -2.35. The summed E-state index contributed by atoms with van der Waals surface area (Å²) < 4.78 is 11.5. The maximum Gasteiger partial charge on any atom is 0.305 e. The molecule has 1 aromatic heterocycles. The minimum Gasteiger partial charge on any atom is -0.494 e. The van der Waals surface area contributed by atoms with E-state index in [-0.39, 0.29) is 12.2 Å². The molecule has 1 atom stereocenters. The Morgan fingerprint density at radius 2 is 1.96 bits per heavy atom. The summed E-state index contributed by atoms with van der Waals surface area (Å²) in [7, 11) is 0. The van der Waals surface area contributed by atoms with Gasteiger partial charge in [0.05, 0.1) is 13.0 Å². The van der Waals surface area contributed by atoms with E-state index >= 15 is 0 Å². The van der Waals surface area contributed by atoms with E-state index in [0.717, 1.165) is 24.2 Å². The van der Waals surface area contributed by atoms with Crippen molar-refractivity contribution in [2.24, 2.45) is 0 Å². The van der Waals surface area contributed by atoms with Crippen molar-refractivity contribution in [1.29, 1.82) is 0 Å². The van der Waals surface area contributed by atoms with Crippen LogP contribution in [0.3, 0.4) is 0 Å². The summed E-state index contributed by atoms with van der Waals surface area (Å²) in [5.41, 5.74) is 0.822. The van der Waals surface area contributed by atoms with Gasteiger partial charge in [0.1, 0.15) is 11.5 Å². The highest BCUT2D eigenvalue weighted by molar-refractivity contribution is 5.92. The van der Waals surface area contributed by atoms with Crippen molar-refractivity contribution in [2.75, 3.05) is 6.61 Å². The molecule has 0 saturated heterocycles. The topological polar surface area (TPSA) is 88.8 Å². The largest absolute Gasteiger partial charge is 0.494 e. The van der Waals surface area contributed by atoms with Gasteiger partial charge in [0.15, 0.2) is 5.76 Å². The van der Waals surface area contributed by atoms with Crippen LogP contribution in [0.1, 0.15) is 62.9 Å². The third kappa shape index (κ3) is 6.76. The lowest BCUT2D eigenvalue weighted by atomic mass is 10.1. The van der Waals surface area contributed by atoms with Gasteiger partial charge < -0.3 is 19.6 Å². The second kappa shape index (κ2) is 11.2. The van der Waals surface area contributed by atoms with Crippen molar-refractivity contribution < 1.29 is 23.8 Å². The van der Waals surface area contributed by atoms with Crippen LogP contribution in [0.15, 0.2) is 40.8 Å². The fraction of sp³-hybridized carbons (Fsp3) is 0.455. The predicted octanol–water partition coefficient (Wildman–Crippen LogP) is 4.89. The summed E-state index contributed by atoms with van der Waals surface area (Å²) in [5.74, 6) is 0.128. The molecule has 0 radical (unpaired) electrons. The average molecular weight is 387 g/mol. The number of carboxylic acids is 1. The Kier molecular flexibility index (Phi) is 8.59. The molecule has 0 aliphatic carbocycles. The van der Waals surface area contributed by atoms with Crippen molar-refractivity contribution >= 4 is 11.9 Å². The number of carbonyl (C=O) groups excluding carboxylic acids is 1. The normalized spacial score (nSPS) is 11.8. The maximum atomic E-state index is 12.3. The van der Waals surface area contributed by atoms with Crippen LogP contribution in [-0.2, 0) is 4.79 Å². The van der Waals surface area contributed by atoms with E-state index < -0.39 is 17.9 Å². The first-order valence-electron chi connectivity index (χ1n) is 9.89. The highest BCUT2D eigenvalue weighted by atomic mass is 16.5. The summed E-state index contributed by atoms with van der Waals surface area (Å²) in [5, 5.41) is 11.6. The monoisotopic (exact) mass is 387 g/mol. The zero-order chi connectivity index (χ0) is 20.4. The molecule has 6 heteroatoms. The van der Waals surface area contributed by atoms with Crippen LogP contribution in [0.4, 0.5) is 0 Å². The van der Waals surface area contributed by atoms with Gasteiger partial charge in [0.25, 0.3) is 5.91 Å². The molecule has 1 heterocycles. The molecule has 2 rings (SSSR count).